The van der Waals surface area contributed by atoms with E-state index in [1.165, 1.54) is 11.1 Å². The highest BCUT2D eigenvalue weighted by atomic mass is 35.5. The van der Waals surface area contributed by atoms with E-state index in [2.05, 4.69) is 39.3 Å². The van der Waals surface area contributed by atoms with Crippen LogP contribution >= 0.6 is 24.0 Å². The van der Waals surface area contributed by atoms with Crippen molar-refractivity contribution in [2.75, 3.05) is 38.1 Å². The smallest absolute Gasteiger partial charge is 0.133 e. The molecule has 1 fully saturated rings. The summed E-state index contributed by atoms with van der Waals surface area (Å²) in [6.07, 6.45) is 1.88. The van der Waals surface area contributed by atoms with Crippen molar-refractivity contribution in [2.24, 2.45) is 0 Å². The zero-order valence-electron chi connectivity index (χ0n) is 13.9. The number of nitrogens with zero attached hydrogens (tertiary/aromatic N) is 3. The van der Waals surface area contributed by atoms with Gasteiger partial charge >= 0.3 is 0 Å². The third-order valence-corrected chi connectivity index (χ3v) is 4.44. The number of likely N-dealkylation sites (N-methyl/N-ethyl adjacent to an activating group) is 1. The van der Waals surface area contributed by atoms with E-state index in [1.54, 1.807) is 0 Å². The molecule has 24 heavy (non-hydrogen) atoms. The number of benzene rings is 1. The van der Waals surface area contributed by atoms with Crippen molar-refractivity contribution in [1.82, 2.24) is 15.2 Å². The molecule has 0 spiro atoms. The Morgan fingerprint density at radius 1 is 1.08 bits per heavy atom. The third kappa shape index (κ3) is 5.08. The molecule has 1 N–H and O–H groups in total. The minimum atomic E-state index is 0. The van der Waals surface area contributed by atoms with E-state index in [0.717, 1.165) is 50.1 Å². The summed E-state index contributed by atoms with van der Waals surface area (Å²) in [7, 11) is 2.17. The van der Waals surface area contributed by atoms with Crippen LogP contribution < -0.4 is 10.2 Å². The highest BCUT2D eigenvalue weighted by Gasteiger charge is 2.17. The molecule has 1 aromatic carbocycles. The van der Waals surface area contributed by atoms with Gasteiger partial charge in [0.05, 0.1) is 0 Å². The van der Waals surface area contributed by atoms with Crippen molar-refractivity contribution >= 4 is 29.8 Å². The Kier molecular flexibility index (Phi) is 7.31. The predicted octanol–water partition coefficient (Wildman–Crippen LogP) is 3.20. The maximum Gasteiger partial charge on any atom is 0.133 e. The number of piperazine rings is 1. The summed E-state index contributed by atoms with van der Waals surface area (Å²) in [5, 5.41) is 4.28. The van der Waals surface area contributed by atoms with Gasteiger partial charge in [0.1, 0.15) is 5.82 Å². The monoisotopic (exact) mass is 366 g/mol. The van der Waals surface area contributed by atoms with Crippen LogP contribution in [0.3, 0.4) is 0 Å². The lowest BCUT2D eigenvalue weighted by Crippen LogP contribution is -2.45. The molecule has 0 bridgehead atoms. The van der Waals surface area contributed by atoms with E-state index in [9.17, 15) is 0 Å². The average molecular weight is 367 g/mol. The van der Waals surface area contributed by atoms with Gasteiger partial charge in [0.15, 0.2) is 0 Å². The molecule has 1 aliphatic heterocycles. The van der Waals surface area contributed by atoms with Gasteiger partial charge in [-0.3, -0.25) is 0 Å². The maximum atomic E-state index is 6.03. The van der Waals surface area contributed by atoms with E-state index in [0.29, 0.717) is 0 Å². The molecule has 0 aliphatic carbocycles. The van der Waals surface area contributed by atoms with Crippen molar-refractivity contribution in [1.29, 1.82) is 0 Å². The number of hydrogen-bond acceptors (Lipinski definition) is 4. The molecular weight excluding hydrogens is 343 g/mol. The fraction of sp³-hybridized carbons (Fsp3) is 0.389. The van der Waals surface area contributed by atoms with E-state index < -0.39 is 0 Å². The third-order valence-electron chi connectivity index (χ3n) is 4.20. The van der Waals surface area contributed by atoms with Crippen LogP contribution in [0.25, 0.3) is 0 Å². The highest BCUT2D eigenvalue weighted by Crippen LogP contribution is 2.19. The molecule has 4 nitrogen and oxygen atoms in total. The van der Waals surface area contributed by atoms with Crippen LogP contribution in [0.2, 0.25) is 5.02 Å². The Balaban J connectivity index is 0.00000208. The molecule has 2 heterocycles. The molecule has 1 saturated heterocycles. The van der Waals surface area contributed by atoms with E-state index in [-0.39, 0.29) is 12.4 Å². The number of halogens is 2. The maximum absolute atomic E-state index is 6.03. The van der Waals surface area contributed by atoms with E-state index in [1.807, 2.05) is 30.5 Å². The Morgan fingerprint density at radius 3 is 2.62 bits per heavy atom. The molecular formula is C18H24Cl2N4. The first-order valence-corrected chi connectivity index (χ1v) is 8.43. The van der Waals surface area contributed by atoms with Gasteiger partial charge in [0.25, 0.3) is 0 Å². The number of nitrogens with one attached hydrogen (secondary N) is 1. The summed E-state index contributed by atoms with van der Waals surface area (Å²) >= 11 is 6.03. The van der Waals surface area contributed by atoms with Crippen LogP contribution in [-0.4, -0.2) is 43.1 Å². The molecule has 0 amide bonds. The minimum Gasteiger partial charge on any atom is -0.354 e. The van der Waals surface area contributed by atoms with Crippen LogP contribution in [0.1, 0.15) is 11.1 Å². The van der Waals surface area contributed by atoms with Crippen LogP contribution in [0, 0.1) is 0 Å². The van der Waals surface area contributed by atoms with Crippen LogP contribution in [-0.2, 0) is 13.1 Å². The molecule has 2 aromatic rings. The topological polar surface area (TPSA) is 31.4 Å². The van der Waals surface area contributed by atoms with Crippen molar-refractivity contribution < 1.29 is 0 Å². The largest absolute Gasteiger partial charge is 0.354 e. The molecule has 130 valence electrons. The first-order valence-electron chi connectivity index (χ1n) is 8.05. The van der Waals surface area contributed by atoms with Gasteiger partial charge in [0, 0.05) is 56.1 Å². The predicted molar refractivity (Wildman–Crippen MR) is 103 cm³/mol. The van der Waals surface area contributed by atoms with Crippen molar-refractivity contribution in [2.45, 2.75) is 13.1 Å². The molecule has 0 atom stereocenters. The second-order valence-electron chi connectivity index (χ2n) is 6.01. The van der Waals surface area contributed by atoms with Gasteiger partial charge in [-0.15, -0.1) is 12.4 Å². The second-order valence-corrected chi connectivity index (χ2v) is 6.45. The SMILES string of the molecule is CN1CCN(c2ncccc2CNCc2cccc(Cl)c2)CC1.Cl. The summed E-state index contributed by atoms with van der Waals surface area (Å²) in [6.45, 7) is 5.86. The number of anilines is 1. The molecule has 1 aliphatic rings. The fourth-order valence-corrected chi connectivity index (χ4v) is 3.07. The summed E-state index contributed by atoms with van der Waals surface area (Å²) in [4.78, 5) is 9.36. The number of pyridine rings is 1. The molecule has 1 aromatic heterocycles. The Hall–Kier alpha value is -1.33. The minimum absolute atomic E-state index is 0. The first kappa shape index (κ1) is 19.0. The van der Waals surface area contributed by atoms with Crippen molar-refractivity contribution in [3.05, 3.63) is 58.7 Å². The van der Waals surface area contributed by atoms with Gasteiger partial charge in [-0.25, -0.2) is 4.98 Å². The summed E-state index contributed by atoms with van der Waals surface area (Å²) < 4.78 is 0. The van der Waals surface area contributed by atoms with Crippen molar-refractivity contribution in [3.8, 4) is 0 Å². The van der Waals surface area contributed by atoms with Gasteiger partial charge in [0.2, 0.25) is 0 Å². The fourth-order valence-electron chi connectivity index (χ4n) is 2.86. The van der Waals surface area contributed by atoms with E-state index >= 15 is 0 Å². The van der Waals surface area contributed by atoms with Crippen LogP contribution in [0.15, 0.2) is 42.6 Å². The summed E-state index contributed by atoms with van der Waals surface area (Å²) in [5.41, 5.74) is 2.45. The second kappa shape index (κ2) is 9.23. The Labute approximate surface area is 155 Å². The lowest BCUT2D eigenvalue weighted by Gasteiger charge is -2.34. The van der Waals surface area contributed by atoms with Gasteiger partial charge in [-0.05, 0) is 30.8 Å². The highest BCUT2D eigenvalue weighted by molar-refractivity contribution is 6.30. The molecule has 3 rings (SSSR count). The molecule has 0 saturated carbocycles. The quantitative estimate of drug-likeness (QED) is 0.880. The first-order chi connectivity index (χ1) is 11.2. The van der Waals surface area contributed by atoms with Gasteiger partial charge in [-0.2, -0.15) is 0 Å². The summed E-state index contributed by atoms with van der Waals surface area (Å²) in [6, 6.07) is 12.1. The lowest BCUT2D eigenvalue weighted by atomic mass is 10.2. The van der Waals surface area contributed by atoms with Crippen molar-refractivity contribution in [3.63, 3.8) is 0 Å². The molecule has 0 radical (unpaired) electrons. The number of rotatable bonds is 5. The average Bonchev–Trinajstić information content (AvgIpc) is 2.56. The van der Waals surface area contributed by atoms with E-state index in [4.69, 9.17) is 11.6 Å². The molecule has 0 unspecified atom stereocenters. The zero-order valence-corrected chi connectivity index (χ0v) is 15.5. The summed E-state index contributed by atoms with van der Waals surface area (Å²) in [5.74, 6) is 1.11. The molecule has 6 heteroatoms. The van der Waals surface area contributed by atoms with Gasteiger partial charge in [-0.1, -0.05) is 29.8 Å². The Bertz CT molecular complexity index is 642. The van der Waals surface area contributed by atoms with Crippen LogP contribution in [0.5, 0.6) is 0 Å². The van der Waals surface area contributed by atoms with Gasteiger partial charge < -0.3 is 15.1 Å². The number of hydrogen-bond donors (Lipinski definition) is 1. The van der Waals surface area contributed by atoms with Crippen LogP contribution in [0.4, 0.5) is 5.82 Å². The lowest BCUT2D eigenvalue weighted by molar-refractivity contribution is 0.311. The number of aromatic nitrogens is 1. The standard InChI is InChI=1S/C18H23ClN4.ClH/c1-22-8-10-23(11-9-22)18-16(5-3-7-21-18)14-20-13-15-4-2-6-17(19)12-15;/h2-7,12,20H,8-11,13-14H2,1H3;1H. The normalized spacial score (nSPS) is 15.2. The Morgan fingerprint density at radius 2 is 1.88 bits per heavy atom. The zero-order chi connectivity index (χ0) is 16.1.